The quantitative estimate of drug-likeness (QED) is 0.278. The summed E-state index contributed by atoms with van der Waals surface area (Å²) in [6, 6.07) is 12.2. The average molecular weight is 512 g/mol. The number of hydrogen-bond donors (Lipinski definition) is 3. The Morgan fingerprint density at radius 3 is 2.58 bits per heavy atom. The lowest BCUT2D eigenvalue weighted by atomic mass is 9.91. The summed E-state index contributed by atoms with van der Waals surface area (Å²) in [5.41, 5.74) is 15.1. The van der Waals surface area contributed by atoms with Crippen LogP contribution in [-0.2, 0) is 14.3 Å². The van der Waals surface area contributed by atoms with E-state index in [1.54, 1.807) is 0 Å². The van der Waals surface area contributed by atoms with Gasteiger partial charge in [-0.2, -0.15) is 0 Å². The minimum Gasteiger partial charge on any atom is -0.398 e. The van der Waals surface area contributed by atoms with E-state index < -0.39 is 17.6 Å². The number of morpholine rings is 1. The van der Waals surface area contributed by atoms with Crippen molar-refractivity contribution in [3.63, 3.8) is 0 Å². The molecule has 0 spiro atoms. The monoisotopic (exact) mass is 511 g/mol. The van der Waals surface area contributed by atoms with Gasteiger partial charge in [0.15, 0.2) is 5.13 Å². The maximum atomic E-state index is 13.3. The molecule has 2 amide bonds. The summed E-state index contributed by atoms with van der Waals surface area (Å²) >= 11 is 1.38. The predicted molar refractivity (Wildman–Crippen MR) is 140 cm³/mol. The highest BCUT2D eigenvalue weighted by atomic mass is 32.1. The van der Waals surface area contributed by atoms with E-state index in [1.165, 1.54) is 29.5 Å². The minimum absolute atomic E-state index is 0.143. The number of nitrogens with two attached hydrogens (primary N) is 2. The molecule has 1 aromatic heterocycles. The van der Waals surface area contributed by atoms with Crippen LogP contribution in [0.15, 0.2) is 47.8 Å². The zero-order chi connectivity index (χ0) is 25.5. The molecule has 0 saturated carbocycles. The van der Waals surface area contributed by atoms with Crippen molar-refractivity contribution in [3.8, 4) is 11.3 Å². The van der Waals surface area contributed by atoms with Crippen molar-refractivity contribution in [2.45, 2.75) is 31.6 Å². The van der Waals surface area contributed by atoms with Gasteiger partial charge in [-0.15, -0.1) is 11.3 Å². The molecule has 190 valence electrons. The van der Waals surface area contributed by atoms with Gasteiger partial charge in [-0.1, -0.05) is 24.6 Å². The Balaban J connectivity index is 1.25. The van der Waals surface area contributed by atoms with Crippen LogP contribution < -0.4 is 21.7 Å². The zero-order valence-corrected chi connectivity index (χ0v) is 20.7. The number of aromatic nitrogens is 1. The number of amides is 2. The van der Waals surface area contributed by atoms with Crippen LogP contribution in [0.25, 0.3) is 11.3 Å². The van der Waals surface area contributed by atoms with Gasteiger partial charge in [0.1, 0.15) is 5.82 Å². The molecular formula is C26H30FN5O3S. The molecule has 1 aliphatic heterocycles. The Hall–Kier alpha value is -3.50. The third-order valence-corrected chi connectivity index (χ3v) is 6.96. The van der Waals surface area contributed by atoms with E-state index in [0.29, 0.717) is 30.0 Å². The topological polar surface area (TPSA) is 124 Å². The second kappa shape index (κ2) is 12.0. The molecule has 3 aromatic rings. The number of anilines is 3. The van der Waals surface area contributed by atoms with Crippen molar-refractivity contribution in [2.75, 3.05) is 42.3 Å². The third kappa shape index (κ3) is 6.58. The maximum Gasteiger partial charge on any atom is 0.226 e. The standard InChI is InChI=1S/C26H30FN5O3S/c27-18-7-10-20(22(28)15-18)21(25(29)34)3-1-2-4-24(33)31-26-30-23(16-36-26)17-5-8-19(9-6-17)32-11-13-35-14-12-32/h5-10,15-16,21H,1-4,11-14,28H2,(H2,29,34)(H,30,31,33). The van der Waals surface area contributed by atoms with Crippen LogP contribution >= 0.6 is 11.3 Å². The number of nitrogens with zero attached hydrogens (tertiary/aromatic N) is 2. The summed E-state index contributed by atoms with van der Waals surface area (Å²) in [6.45, 7) is 3.25. The van der Waals surface area contributed by atoms with Crippen molar-refractivity contribution >= 4 is 39.7 Å². The number of thiazole rings is 1. The second-order valence-corrected chi connectivity index (χ2v) is 9.56. The van der Waals surface area contributed by atoms with Crippen molar-refractivity contribution in [2.24, 2.45) is 5.73 Å². The van der Waals surface area contributed by atoms with Crippen molar-refractivity contribution in [1.29, 1.82) is 0 Å². The highest BCUT2D eigenvalue weighted by Gasteiger charge is 2.20. The summed E-state index contributed by atoms with van der Waals surface area (Å²) in [5, 5.41) is 5.31. The van der Waals surface area contributed by atoms with E-state index in [1.807, 2.05) is 17.5 Å². The summed E-state index contributed by atoms with van der Waals surface area (Å²) in [4.78, 5) is 31.1. The molecule has 8 nitrogen and oxygen atoms in total. The number of benzene rings is 2. The zero-order valence-electron chi connectivity index (χ0n) is 19.9. The summed E-state index contributed by atoms with van der Waals surface area (Å²) in [6.07, 6.45) is 1.88. The number of carbonyl (C=O) groups is 2. The number of nitrogen functional groups attached to an aromatic ring is 1. The molecular weight excluding hydrogens is 481 g/mol. The van der Waals surface area contributed by atoms with E-state index in [9.17, 15) is 14.0 Å². The number of unbranched alkanes of at least 4 members (excludes halogenated alkanes) is 1. The fourth-order valence-corrected chi connectivity index (χ4v) is 4.99. The summed E-state index contributed by atoms with van der Waals surface area (Å²) < 4.78 is 18.7. The average Bonchev–Trinajstić information content (AvgIpc) is 3.33. The highest BCUT2D eigenvalue weighted by Crippen LogP contribution is 2.29. The van der Waals surface area contributed by atoms with E-state index in [2.05, 4.69) is 27.3 Å². The summed E-state index contributed by atoms with van der Waals surface area (Å²) in [5.74, 6) is -1.75. The lowest BCUT2D eigenvalue weighted by Gasteiger charge is -2.28. The fraction of sp³-hybridized carbons (Fsp3) is 0.346. The lowest BCUT2D eigenvalue weighted by Crippen LogP contribution is -2.36. The van der Waals surface area contributed by atoms with Gasteiger partial charge in [0.05, 0.1) is 24.8 Å². The SMILES string of the molecule is NC(=O)C(CCCCC(=O)Nc1nc(-c2ccc(N3CCOCC3)cc2)cs1)c1ccc(F)cc1N. The van der Waals surface area contributed by atoms with Gasteiger partial charge in [0, 0.05) is 41.8 Å². The molecule has 1 unspecified atom stereocenters. The van der Waals surface area contributed by atoms with Crippen LogP contribution in [0.2, 0.25) is 0 Å². The van der Waals surface area contributed by atoms with Gasteiger partial charge in [-0.05, 0) is 42.7 Å². The Morgan fingerprint density at radius 1 is 1.14 bits per heavy atom. The van der Waals surface area contributed by atoms with Gasteiger partial charge in [-0.3, -0.25) is 9.59 Å². The Morgan fingerprint density at radius 2 is 1.89 bits per heavy atom. The second-order valence-electron chi connectivity index (χ2n) is 8.71. The van der Waals surface area contributed by atoms with Crippen molar-refractivity contribution in [1.82, 2.24) is 4.98 Å². The van der Waals surface area contributed by atoms with Gasteiger partial charge in [0.25, 0.3) is 0 Å². The Bertz CT molecular complexity index is 1190. The first-order chi connectivity index (χ1) is 17.4. The largest absolute Gasteiger partial charge is 0.398 e. The number of nitrogens with one attached hydrogen (secondary N) is 1. The van der Waals surface area contributed by atoms with Crippen molar-refractivity contribution < 1.29 is 18.7 Å². The van der Waals surface area contributed by atoms with Gasteiger partial charge in [0.2, 0.25) is 11.8 Å². The first-order valence-corrected chi connectivity index (χ1v) is 12.8. The van der Waals surface area contributed by atoms with E-state index in [-0.39, 0.29) is 18.0 Å². The third-order valence-electron chi connectivity index (χ3n) is 6.20. The number of primary amides is 1. The van der Waals surface area contributed by atoms with Crippen molar-refractivity contribution in [3.05, 3.63) is 59.2 Å². The van der Waals surface area contributed by atoms with Crippen LogP contribution in [0.3, 0.4) is 0 Å². The molecule has 1 aliphatic rings. The molecule has 2 aromatic carbocycles. The normalized spacial score (nSPS) is 14.4. The molecule has 0 bridgehead atoms. The molecule has 1 atom stereocenters. The summed E-state index contributed by atoms with van der Waals surface area (Å²) in [7, 11) is 0. The fourth-order valence-electron chi connectivity index (χ4n) is 4.26. The van der Waals surface area contributed by atoms with Crippen LogP contribution in [0.1, 0.15) is 37.2 Å². The highest BCUT2D eigenvalue weighted by molar-refractivity contribution is 7.14. The Kier molecular flexibility index (Phi) is 8.50. The van der Waals surface area contributed by atoms with Gasteiger partial charge < -0.3 is 26.4 Å². The smallest absolute Gasteiger partial charge is 0.226 e. The van der Waals surface area contributed by atoms with Crippen LogP contribution in [0.4, 0.5) is 20.9 Å². The molecule has 0 aliphatic carbocycles. The number of halogens is 1. The van der Waals surface area contributed by atoms with E-state index in [0.717, 1.165) is 43.2 Å². The molecule has 36 heavy (non-hydrogen) atoms. The molecule has 1 fully saturated rings. The number of hydrogen-bond acceptors (Lipinski definition) is 7. The van der Waals surface area contributed by atoms with Crippen LogP contribution in [-0.4, -0.2) is 43.1 Å². The molecule has 10 heteroatoms. The van der Waals surface area contributed by atoms with Gasteiger partial charge in [-0.25, -0.2) is 9.37 Å². The number of ether oxygens (including phenoxy) is 1. The molecule has 5 N–H and O–H groups in total. The lowest BCUT2D eigenvalue weighted by molar-refractivity contribution is -0.119. The number of carbonyl (C=O) groups excluding carboxylic acids is 2. The number of rotatable bonds is 10. The maximum absolute atomic E-state index is 13.3. The molecule has 1 saturated heterocycles. The van der Waals surface area contributed by atoms with Crippen LogP contribution in [0.5, 0.6) is 0 Å². The van der Waals surface area contributed by atoms with E-state index in [4.69, 9.17) is 16.2 Å². The molecule has 2 heterocycles. The predicted octanol–water partition coefficient (Wildman–Crippen LogP) is 4.14. The Labute approximate surface area is 213 Å². The first kappa shape index (κ1) is 25.6. The molecule has 4 rings (SSSR count). The van der Waals surface area contributed by atoms with Gasteiger partial charge >= 0.3 is 0 Å². The molecule has 0 radical (unpaired) electrons. The minimum atomic E-state index is -0.621. The van der Waals surface area contributed by atoms with Crippen LogP contribution in [0, 0.1) is 5.82 Å². The van der Waals surface area contributed by atoms with E-state index >= 15 is 0 Å². The first-order valence-electron chi connectivity index (χ1n) is 11.9.